The first-order chi connectivity index (χ1) is 13.4. The van der Waals surface area contributed by atoms with Gasteiger partial charge in [-0.15, -0.1) is 0 Å². The monoisotopic (exact) mass is 455 g/mol. The highest BCUT2D eigenvalue weighted by atomic mass is 32.2. The van der Waals surface area contributed by atoms with Crippen molar-refractivity contribution in [2.45, 2.75) is 6.61 Å². The molecule has 2 aliphatic heterocycles. The summed E-state index contributed by atoms with van der Waals surface area (Å²) in [5.74, 6) is 1.83. The zero-order valence-corrected chi connectivity index (χ0v) is 17.6. The molecule has 1 fully saturated rings. The maximum atomic E-state index is 9.19. The highest BCUT2D eigenvalue weighted by molar-refractivity contribution is 7.85. The second-order valence-corrected chi connectivity index (χ2v) is 9.01. The molecule has 1 atom stereocenters. The molecule has 0 spiro atoms. The standard InChI is InChI=1S/C13H17N3O3.2CH4O3S/c14-4-10-5-15-6-11(10)16-19-7-9-1-2-12-13(3-9)18-8-17-12;2*1-5(2,3)4/h1-3,10,15H,4-8,14H2;2*1H3,(H,2,3,4)/b16-11+;;. The molecule has 166 valence electrons. The Balaban J connectivity index is 0.000000353. The van der Waals surface area contributed by atoms with E-state index in [0.717, 1.165) is 35.9 Å². The molecule has 1 unspecified atom stereocenters. The van der Waals surface area contributed by atoms with E-state index in [0.29, 0.717) is 25.7 Å². The lowest BCUT2D eigenvalue weighted by atomic mass is 10.1. The maximum Gasteiger partial charge on any atom is 0.261 e. The number of nitrogens with two attached hydrogens (primary N) is 1. The molecule has 0 aromatic heterocycles. The number of hydrogen-bond donors (Lipinski definition) is 4. The van der Waals surface area contributed by atoms with Gasteiger partial charge in [0.15, 0.2) is 11.5 Å². The molecule has 12 nitrogen and oxygen atoms in total. The lowest BCUT2D eigenvalue weighted by molar-refractivity contribution is 0.129. The Bertz CT molecular complexity index is 856. The van der Waals surface area contributed by atoms with Gasteiger partial charge in [0.25, 0.3) is 20.2 Å². The average Bonchev–Trinajstić information content (AvgIpc) is 3.19. The molecule has 29 heavy (non-hydrogen) atoms. The molecule has 1 aromatic carbocycles. The van der Waals surface area contributed by atoms with Crippen LogP contribution < -0.4 is 20.5 Å². The van der Waals surface area contributed by atoms with Gasteiger partial charge in [0.1, 0.15) is 6.61 Å². The van der Waals surface area contributed by atoms with Crippen LogP contribution in [-0.4, -0.2) is 70.6 Å². The number of nitrogens with zero attached hydrogens (tertiary/aromatic N) is 1. The molecule has 1 saturated heterocycles. The summed E-state index contributed by atoms with van der Waals surface area (Å²) in [4.78, 5) is 5.39. The molecule has 0 aliphatic carbocycles. The van der Waals surface area contributed by atoms with Gasteiger partial charge in [-0.1, -0.05) is 11.2 Å². The second kappa shape index (κ2) is 11.3. The number of nitrogens with one attached hydrogen (secondary N) is 1. The summed E-state index contributed by atoms with van der Waals surface area (Å²) in [6.45, 7) is 2.92. The smallest absolute Gasteiger partial charge is 0.261 e. The maximum absolute atomic E-state index is 9.19. The minimum absolute atomic E-state index is 0.284. The largest absolute Gasteiger partial charge is 0.454 e. The van der Waals surface area contributed by atoms with E-state index in [1.54, 1.807) is 0 Å². The molecule has 2 aliphatic rings. The van der Waals surface area contributed by atoms with Crippen LogP contribution in [0.3, 0.4) is 0 Å². The Labute approximate surface area is 169 Å². The third-order valence-corrected chi connectivity index (χ3v) is 3.30. The number of oxime groups is 1. The van der Waals surface area contributed by atoms with Gasteiger partial charge in [0.05, 0.1) is 18.2 Å². The van der Waals surface area contributed by atoms with Crippen molar-refractivity contribution < 1.29 is 40.3 Å². The van der Waals surface area contributed by atoms with E-state index in [1.807, 2.05) is 18.2 Å². The summed E-state index contributed by atoms with van der Waals surface area (Å²) in [7, 11) is -7.33. The Kier molecular flexibility index (Phi) is 9.75. The van der Waals surface area contributed by atoms with Crippen molar-refractivity contribution in [3.63, 3.8) is 0 Å². The van der Waals surface area contributed by atoms with Crippen molar-refractivity contribution >= 4 is 25.9 Å². The Morgan fingerprint density at radius 1 is 1.17 bits per heavy atom. The Morgan fingerprint density at radius 2 is 1.76 bits per heavy atom. The zero-order chi connectivity index (χ0) is 22.1. The first-order valence-electron chi connectivity index (χ1n) is 8.19. The molecule has 0 amide bonds. The summed E-state index contributed by atoms with van der Waals surface area (Å²) in [5, 5.41) is 7.40. The van der Waals surface area contributed by atoms with E-state index >= 15 is 0 Å². The molecule has 1 aromatic rings. The number of benzene rings is 1. The fraction of sp³-hybridized carbons (Fsp3) is 0.533. The fourth-order valence-corrected chi connectivity index (χ4v) is 2.18. The number of rotatable bonds is 4. The predicted molar refractivity (Wildman–Crippen MR) is 105 cm³/mol. The van der Waals surface area contributed by atoms with Crippen LogP contribution in [0, 0.1) is 5.92 Å². The molecular formula is C15H25N3O9S2. The summed E-state index contributed by atoms with van der Waals surface area (Å²) in [5.41, 5.74) is 7.65. The number of hydrogen-bond acceptors (Lipinski definition) is 10. The summed E-state index contributed by atoms with van der Waals surface area (Å²) >= 11 is 0. The first kappa shape index (κ1) is 25.1. The first-order valence-corrected chi connectivity index (χ1v) is 11.9. The van der Waals surface area contributed by atoms with E-state index in [9.17, 15) is 16.8 Å². The summed E-state index contributed by atoms with van der Waals surface area (Å²) < 4.78 is 62.3. The highest BCUT2D eigenvalue weighted by Gasteiger charge is 2.21. The van der Waals surface area contributed by atoms with E-state index in [1.165, 1.54) is 0 Å². The van der Waals surface area contributed by atoms with E-state index < -0.39 is 20.2 Å². The molecular weight excluding hydrogens is 430 g/mol. The van der Waals surface area contributed by atoms with Crippen LogP contribution in [-0.2, 0) is 31.7 Å². The van der Waals surface area contributed by atoms with Crippen molar-refractivity contribution in [3.8, 4) is 11.5 Å². The van der Waals surface area contributed by atoms with Crippen LogP contribution in [0.5, 0.6) is 11.5 Å². The van der Waals surface area contributed by atoms with Crippen molar-refractivity contribution in [3.05, 3.63) is 23.8 Å². The minimum atomic E-state index is -3.67. The molecule has 0 bridgehead atoms. The molecule has 0 radical (unpaired) electrons. The van der Waals surface area contributed by atoms with Gasteiger partial charge in [0.2, 0.25) is 6.79 Å². The number of fused-ring (bicyclic) bond motifs is 1. The molecule has 0 saturated carbocycles. The van der Waals surface area contributed by atoms with Crippen LogP contribution in [0.15, 0.2) is 23.4 Å². The summed E-state index contributed by atoms with van der Waals surface area (Å²) in [6.07, 6.45) is 1.43. The van der Waals surface area contributed by atoms with Gasteiger partial charge < -0.3 is 25.4 Å². The Hall–Kier alpha value is -1.97. The SMILES string of the molecule is CS(=O)(=O)O.CS(=O)(=O)O.NCC1CNC/C1=N\OCc1ccc2c(c1)OCO2. The zero-order valence-electron chi connectivity index (χ0n) is 15.9. The van der Waals surface area contributed by atoms with E-state index in [-0.39, 0.29) is 12.7 Å². The molecule has 14 heteroatoms. The predicted octanol–water partition coefficient (Wildman–Crippen LogP) is -0.526. The second-order valence-electron chi connectivity index (χ2n) is 6.07. The lowest BCUT2D eigenvalue weighted by Crippen LogP contribution is -2.22. The minimum Gasteiger partial charge on any atom is -0.454 e. The normalized spacial score (nSPS) is 19.1. The van der Waals surface area contributed by atoms with Gasteiger partial charge in [0, 0.05) is 25.6 Å². The quantitative estimate of drug-likeness (QED) is 0.338. The van der Waals surface area contributed by atoms with Gasteiger partial charge in [-0.05, 0) is 17.7 Å². The van der Waals surface area contributed by atoms with Crippen molar-refractivity contribution in [2.75, 3.05) is 38.9 Å². The third-order valence-electron chi connectivity index (χ3n) is 3.30. The van der Waals surface area contributed by atoms with Gasteiger partial charge >= 0.3 is 0 Å². The van der Waals surface area contributed by atoms with Crippen LogP contribution in [0.1, 0.15) is 5.56 Å². The molecule has 5 N–H and O–H groups in total. The van der Waals surface area contributed by atoms with Crippen LogP contribution in [0.25, 0.3) is 0 Å². The summed E-state index contributed by atoms with van der Waals surface area (Å²) in [6, 6.07) is 5.74. The van der Waals surface area contributed by atoms with E-state index in [4.69, 9.17) is 29.2 Å². The fourth-order valence-electron chi connectivity index (χ4n) is 2.18. The molecule has 2 heterocycles. The Morgan fingerprint density at radius 3 is 2.34 bits per heavy atom. The highest BCUT2D eigenvalue weighted by Crippen LogP contribution is 2.32. The third kappa shape index (κ3) is 12.2. The topological polar surface area (TPSA) is 187 Å². The lowest BCUT2D eigenvalue weighted by Gasteiger charge is -2.06. The molecule has 3 rings (SSSR count). The van der Waals surface area contributed by atoms with Crippen LogP contribution in [0.2, 0.25) is 0 Å². The van der Waals surface area contributed by atoms with Crippen LogP contribution in [0.4, 0.5) is 0 Å². The number of ether oxygens (including phenoxy) is 2. The van der Waals surface area contributed by atoms with E-state index in [2.05, 4.69) is 10.5 Å². The average molecular weight is 456 g/mol. The van der Waals surface area contributed by atoms with Crippen molar-refractivity contribution in [1.82, 2.24) is 5.32 Å². The van der Waals surface area contributed by atoms with Gasteiger partial charge in [-0.25, -0.2) is 0 Å². The van der Waals surface area contributed by atoms with Gasteiger partial charge in [-0.2, -0.15) is 16.8 Å². The van der Waals surface area contributed by atoms with Crippen molar-refractivity contribution in [1.29, 1.82) is 0 Å². The van der Waals surface area contributed by atoms with Crippen LogP contribution >= 0.6 is 0 Å². The van der Waals surface area contributed by atoms with Crippen molar-refractivity contribution in [2.24, 2.45) is 16.8 Å². The van der Waals surface area contributed by atoms with Gasteiger partial charge in [-0.3, -0.25) is 9.11 Å².